The molecule has 294 valence electrons. The zero-order valence-corrected chi connectivity index (χ0v) is 33.6. The highest BCUT2D eigenvalue weighted by Gasteiger charge is 2.37. The van der Waals surface area contributed by atoms with Crippen LogP contribution in [0.15, 0.2) is 58.0 Å². The number of H-pyrrole nitrogens is 1. The van der Waals surface area contributed by atoms with Crippen LogP contribution in [0.4, 0.5) is 20.2 Å². The first-order valence-electron chi connectivity index (χ1n) is 18.4. The normalized spacial score (nSPS) is 16.1. The number of carbonyl (C=O) groups is 3. The van der Waals surface area contributed by atoms with E-state index in [-0.39, 0.29) is 28.7 Å². The van der Waals surface area contributed by atoms with Crippen LogP contribution in [0.2, 0.25) is 0 Å². The zero-order chi connectivity index (χ0) is 40.5. The van der Waals surface area contributed by atoms with E-state index in [9.17, 15) is 19.2 Å². The maximum atomic E-state index is 13.8. The summed E-state index contributed by atoms with van der Waals surface area (Å²) < 4.78 is 22.7. The van der Waals surface area contributed by atoms with E-state index in [1.165, 1.54) is 17.2 Å². The van der Waals surface area contributed by atoms with Crippen molar-refractivity contribution in [1.29, 1.82) is 0 Å². The van der Waals surface area contributed by atoms with Crippen molar-refractivity contribution in [3.05, 3.63) is 70.3 Å². The highest BCUT2D eigenvalue weighted by molar-refractivity contribution is 6.10. The molecule has 0 saturated heterocycles. The molecule has 4 aromatic rings. The molecule has 1 aromatic carbocycles. The quantitative estimate of drug-likeness (QED) is 0.178. The number of nitrogens with zero attached hydrogens (tertiary/aromatic N) is 5. The second kappa shape index (κ2) is 15.7. The van der Waals surface area contributed by atoms with E-state index in [1.807, 2.05) is 45.0 Å². The van der Waals surface area contributed by atoms with Crippen molar-refractivity contribution in [2.75, 3.05) is 11.9 Å². The monoisotopic (exact) mass is 756 g/mol. The molecular formula is C41H52N6O8. The Morgan fingerprint density at radius 1 is 0.836 bits per heavy atom. The van der Waals surface area contributed by atoms with Gasteiger partial charge < -0.3 is 28.6 Å². The molecule has 0 radical (unpaired) electrons. The minimum absolute atomic E-state index is 0.0144. The summed E-state index contributed by atoms with van der Waals surface area (Å²) in [5.41, 5.74) is 1.01. The summed E-state index contributed by atoms with van der Waals surface area (Å²) in [6.07, 6.45) is 1.79. The molecule has 14 nitrogen and oxygen atoms in total. The molecule has 55 heavy (non-hydrogen) atoms. The molecule has 1 aliphatic carbocycles. The van der Waals surface area contributed by atoms with Gasteiger partial charge in [-0.15, -0.1) is 0 Å². The number of aromatic nitrogens is 4. The second-order valence-corrected chi connectivity index (χ2v) is 17.1. The van der Waals surface area contributed by atoms with E-state index in [1.54, 1.807) is 60.7 Å². The average molecular weight is 757 g/mol. The Balaban J connectivity index is 1.59. The molecule has 14 heteroatoms. The highest BCUT2D eigenvalue weighted by atomic mass is 16.6. The van der Waals surface area contributed by atoms with Gasteiger partial charge in [-0.2, -0.15) is 4.90 Å². The third kappa shape index (κ3) is 10.6. The Morgan fingerprint density at radius 2 is 1.44 bits per heavy atom. The number of nitrogens with one attached hydrogen (secondary N) is 1. The zero-order valence-electron chi connectivity index (χ0n) is 33.6. The summed E-state index contributed by atoms with van der Waals surface area (Å²) in [5.74, 6) is 0.503. The number of anilines is 1. The van der Waals surface area contributed by atoms with Crippen LogP contribution in [-0.2, 0) is 20.8 Å². The van der Waals surface area contributed by atoms with Gasteiger partial charge in [-0.1, -0.05) is 42.8 Å². The molecular weight excluding hydrogens is 704 g/mol. The van der Waals surface area contributed by atoms with Gasteiger partial charge in [0.05, 0.1) is 11.9 Å². The fraction of sp³-hybridized carbons (Fsp3) is 0.488. The van der Waals surface area contributed by atoms with Crippen molar-refractivity contribution in [1.82, 2.24) is 25.0 Å². The minimum Gasteiger partial charge on any atom is -0.444 e. The molecule has 3 aromatic heterocycles. The molecule has 2 unspecified atom stereocenters. The maximum Gasteiger partial charge on any atom is 0.425 e. The smallest absolute Gasteiger partial charge is 0.425 e. The van der Waals surface area contributed by atoms with Gasteiger partial charge in [0.1, 0.15) is 22.5 Å². The lowest BCUT2D eigenvalue weighted by molar-refractivity contribution is 0.0283. The van der Waals surface area contributed by atoms with Gasteiger partial charge in [0.2, 0.25) is 5.56 Å². The van der Waals surface area contributed by atoms with Crippen LogP contribution in [0.5, 0.6) is 0 Å². The van der Waals surface area contributed by atoms with Crippen LogP contribution in [0.3, 0.4) is 0 Å². The van der Waals surface area contributed by atoms with E-state index in [0.29, 0.717) is 39.9 Å². The van der Waals surface area contributed by atoms with Gasteiger partial charge in [0.25, 0.3) is 0 Å². The lowest BCUT2D eigenvalue weighted by atomic mass is 9.96. The Hall–Kier alpha value is -5.53. The number of hydrogen-bond acceptors (Lipinski definition) is 11. The minimum atomic E-state index is -1.03. The summed E-state index contributed by atoms with van der Waals surface area (Å²) in [6.45, 7) is 18.0. The van der Waals surface area contributed by atoms with Crippen LogP contribution in [-0.4, -0.2) is 67.1 Å². The standard InChI is InChI=1S/C41H52N6O8/c1-24-12-15-27(20-24)33-28(18-19-32(48)44-33)30-22-42-35(47(37(50)53-40(5,6)7)38(51)54-41(8,9)10)34(43-30)31-21-29(45-55-31)26-16-13-25(14-17-26)23-46(11)36(49)52-39(2,3)4/h13-14,16-19,21-22,24,27H,12,15,20,23H2,1-11H3,(H,44,48). The molecule has 1 fully saturated rings. The third-order valence-corrected chi connectivity index (χ3v) is 8.56. The summed E-state index contributed by atoms with van der Waals surface area (Å²) >= 11 is 0. The Labute approximate surface area is 321 Å². The van der Waals surface area contributed by atoms with E-state index in [2.05, 4.69) is 22.0 Å². The third-order valence-electron chi connectivity index (χ3n) is 8.56. The Kier molecular flexibility index (Phi) is 11.6. The van der Waals surface area contributed by atoms with Gasteiger partial charge in [0, 0.05) is 48.5 Å². The van der Waals surface area contributed by atoms with Crippen molar-refractivity contribution in [3.8, 4) is 34.0 Å². The predicted molar refractivity (Wildman–Crippen MR) is 207 cm³/mol. The number of benzene rings is 1. The first kappa shape index (κ1) is 40.7. The SMILES string of the molecule is CC1CCC(c2[nH]c(=O)ccc2-c2cnc(N(C(=O)OC(C)(C)C)C(=O)OC(C)(C)C)c(-c3cc(-c4ccc(CN(C)C(=O)OC(C)(C)C)cc4)no3)n2)C1. The van der Waals surface area contributed by atoms with Crippen molar-refractivity contribution in [3.63, 3.8) is 0 Å². The number of pyridine rings is 1. The van der Waals surface area contributed by atoms with Crippen LogP contribution in [0.1, 0.15) is 106 Å². The van der Waals surface area contributed by atoms with Gasteiger partial charge in [-0.25, -0.2) is 24.4 Å². The molecule has 1 saturated carbocycles. The van der Waals surface area contributed by atoms with E-state index < -0.39 is 35.1 Å². The fourth-order valence-electron chi connectivity index (χ4n) is 6.19. The summed E-state index contributed by atoms with van der Waals surface area (Å²) in [4.78, 5) is 67.4. The van der Waals surface area contributed by atoms with Crippen LogP contribution < -0.4 is 10.5 Å². The first-order valence-corrected chi connectivity index (χ1v) is 18.4. The summed E-state index contributed by atoms with van der Waals surface area (Å²) in [6, 6.07) is 12.2. The second-order valence-electron chi connectivity index (χ2n) is 17.1. The molecule has 5 rings (SSSR count). The first-order chi connectivity index (χ1) is 25.6. The molecule has 0 spiro atoms. The van der Waals surface area contributed by atoms with Gasteiger partial charge >= 0.3 is 18.3 Å². The van der Waals surface area contributed by atoms with E-state index >= 15 is 0 Å². The molecule has 1 N–H and O–H groups in total. The van der Waals surface area contributed by atoms with Crippen molar-refractivity contribution in [2.24, 2.45) is 5.92 Å². The largest absolute Gasteiger partial charge is 0.444 e. The molecule has 3 amide bonds. The summed E-state index contributed by atoms with van der Waals surface area (Å²) in [5, 5.41) is 4.31. The van der Waals surface area contributed by atoms with Crippen molar-refractivity contribution >= 4 is 24.1 Å². The molecule has 2 atom stereocenters. The number of hydrogen-bond donors (Lipinski definition) is 1. The number of amides is 3. The lowest BCUT2D eigenvalue weighted by Crippen LogP contribution is -2.44. The van der Waals surface area contributed by atoms with Gasteiger partial charge in [0.15, 0.2) is 17.3 Å². The van der Waals surface area contributed by atoms with E-state index in [4.69, 9.17) is 23.7 Å². The fourth-order valence-corrected chi connectivity index (χ4v) is 6.19. The number of carbonyl (C=O) groups excluding carboxylic acids is 3. The molecule has 0 aliphatic heterocycles. The highest BCUT2D eigenvalue weighted by Crippen LogP contribution is 2.41. The van der Waals surface area contributed by atoms with Crippen LogP contribution >= 0.6 is 0 Å². The number of aromatic amines is 1. The predicted octanol–water partition coefficient (Wildman–Crippen LogP) is 9.10. The van der Waals surface area contributed by atoms with Crippen molar-refractivity contribution < 1.29 is 33.1 Å². The van der Waals surface area contributed by atoms with Crippen molar-refractivity contribution in [2.45, 2.75) is 118 Å². The van der Waals surface area contributed by atoms with E-state index in [0.717, 1.165) is 30.5 Å². The van der Waals surface area contributed by atoms with Crippen LogP contribution in [0, 0.1) is 5.92 Å². The van der Waals surface area contributed by atoms with Gasteiger partial charge in [-0.3, -0.25) is 4.79 Å². The number of rotatable bonds is 7. The van der Waals surface area contributed by atoms with Crippen LogP contribution in [0.25, 0.3) is 34.0 Å². The van der Waals surface area contributed by atoms with Gasteiger partial charge in [-0.05, 0) is 92.7 Å². The summed E-state index contributed by atoms with van der Waals surface area (Å²) in [7, 11) is 1.67. The molecule has 0 bridgehead atoms. The Bertz CT molecular complexity index is 2060. The topological polar surface area (TPSA) is 170 Å². The number of imide groups is 1. The molecule has 1 aliphatic rings. The maximum absolute atomic E-state index is 13.8. The average Bonchev–Trinajstić information content (AvgIpc) is 3.73. The Morgan fingerprint density at radius 3 is 2.00 bits per heavy atom. The lowest BCUT2D eigenvalue weighted by Gasteiger charge is -2.28. The number of ether oxygens (including phenoxy) is 3. The molecule has 3 heterocycles.